The van der Waals surface area contributed by atoms with Crippen LogP contribution in [-0.4, -0.2) is 55.3 Å². The SMILES string of the molecule is COCCNCC(=O)N1CCCC1CC(O)c1ccccc1. The van der Waals surface area contributed by atoms with Crippen LogP contribution in [0.15, 0.2) is 30.3 Å². The van der Waals surface area contributed by atoms with Crippen LogP contribution >= 0.6 is 0 Å². The Bertz CT molecular complexity index is 452. The fourth-order valence-corrected chi connectivity index (χ4v) is 2.95. The third-order valence-corrected chi connectivity index (χ3v) is 4.14. The van der Waals surface area contributed by atoms with Crippen molar-refractivity contribution in [3.63, 3.8) is 0 Å². The molecule has 5 nitrogen and oxygen atoms in total. The van der Waals surface area contributed by atoms with Crippen LogP contribution in [0.4, 0.5) is 0 Å². The number of aliphatic hydroxyl groups is 1. The summed E-state index contributed by atoms with van der Waals surface area (Å²) >= 11 is 0. The molecule has 0 spiro atoms. The lowest BCUT2D eigenvalue weighted by molar-refractivity contribution is -0.131. The molecule has 0 aliphatic carbocycles. The van der Waals surface area contributed by atoms with Gasteiger partial charge in [-0.05, 0) is 24.8 Å². The Balaban J connectivity index is 1.83. The number of hydrogen-bond acceptors (Lipinski definition) is 4. The maximum absolute atomic E-state index is 12.3. The van der Waals surface area contributed by atoms with Gasteiger partial charge in [0.25, 0.3) is 0 Å². The molecule has 22 heavy (non-hydrogen) atoms. The second kappa shape index (κ2) is 8.88. The number of aliphatic hydroxyl groups excluding tert-OH is 1. The van der Waals surface area contributed by atoms with E-state index in [0.29, 0.717) is 26.1 Å². The van der Waals surface area contributed by atoms with E-state index in [1.165, 1.54) is 0 Å². The first kappa shape index (κ1) is 16.9. The normalized spacial score (nSPS) is 19.4. The highest BCUT2D eigenvalue weighted by Crippen LogP contribution is 2.27. The third-order valence-electron chi connectivity index (χ3n) is 4.14. The molecule has 1 aromatic carbocycles. The lowest BCUT2D eigenvalue weighted by Gasteiger charge is -2.27. The first-order valence-electron chi connectivity index (χ1n) is 7.94. The number of benzene rings is 1. The maximum Gasteiger partial charge on any atom is 0.236 e. The lowest BCUT2D eigenvalue weighted by Crippen LogP contribution is -2.42. The zero-order valence-electron chi connectivity index (χ0n) is 13.2. The molecule has 1 amide bonds. The number of nitrogens with zero attached hydrogens (tertiary/aromatic N) is 1. The molecule has 5 heteroatoms. The minimum Gasteiger partial charge on any atom is -0.388 e. The van der Waals surface area contributed by atoms with E-state index in [0.717, 1.165) is 24.9 Å². The second-order valence-electron chi connectivity index (χ2n) is 5.71. The van der Waals surface area contributed by atoms with Crippen molar-refractivity contribution >= 4 is 5.91 Å². The first-order chi connectivity index (χ1) is 10.7. The number of carbonyl (C=O) groups is 1. The Hall–Kier alpha value is -1.43. The van der Waals surface area contributed by atoms with Gasteiger partial charge in [-0.3, -0.25) is 4.79 Å². The Labute approximate surface area is 132 Å². The van der Waals surface area contributed by atoms with Gasteiger partial charge in [-0.2, -0.15) is 0 Å². The van der Waals surface area contributed by atoms with E-state index in [4.69, 9.17) is 4.74 Å². The molecule has 2 rings (SSSR count). The van der Waals surface area contributed by atoms with Crippen LogP contribution in [0.2, 0.25) is 0 Å². The van der Waals surface area contributed by atoms with Crippen LogP contribution in [0.3, 0.4) is 0 Å². The molecular weight excluding hydrogens is 280 g/mol. The molecule has 0 saturated carbocycles. The number of amides is 1. The Morgan fingerprint density at radius 3 is 2.95 bits per heavy atom. The van der Waals surface area contributed by atoms with Crippen molar-refractivity contribution in [3.05, 3.63) is 35.9 Å². The molecule has 1 heterocycles. The molecule has 0 aromatic heterocycles. The van der Waals surface area contributed by atoms with E-state index in [1.807, 2.05) is 35.2 Å². The van der Waals surface area contributed by atoms with Crippen LogP contribution in [0, 0.1) is 0 Å². The Morgan fingerprint density at radius 1 is 1.45 bits per heavy atom. The van der Waals surface area contributed by atoms with Crippen molar-refractivity contribution in [1.29, 1.82) is 0 Å². The van der Waals surface area contributed by atoms with E-state index in [2.05, 4.69) is 5.32 Å². The van der Waals surface area contributed by atoms with Gasteiger partial charge in [0.2, 0.25) is 5.91 Å². The summed E-state index contributed by atoms with van der Waals surface area (Å²) in [5.74, 6) is 0.110. The topological polar surface area (TPSA) is 61.8 Å². The second-order valence-corrected chi connectivity index (χ2v) is 5.71. The number of methoxy groups -OCH3 is 1. The molecule has 1 fully saturated rings. The van der Waals surface area contributed by atoms with Crippen molar-refractivity contribution in [2.75, 3.05) is 33.4 Å². The predicted octanol–water partition coefficient (Wildman–Crippen LogP) is 1.34. The van der Waals surface area contributed by atoms with E-state index in [9.17, 15) is 9.90 Å². The van der Waals surface area contributed by atoms with Crippen LogP contribution in [0.25, 0.3) is 0 Å². The Kier molecular flexibility index (Phi) is 6.83. The van der Waals surface area contributed by atoms with Crippen molar-refractivity contribution in [1.82, 2.24) is 10.2 Å². The van der Waals surface area contributed by atoms with Gasteiger partial charge in [0.1, 0.15) is 0 Å². The van der Waals surface area contributed by atoms with Crippen LogP contribution < -0.4 is 5.32 Å². The van der Waals surface area contributed by atoms with Gasteiger partial charge in [0.05, 0.1) is 19.3 Å². The van der Waals surface area contributed by atoms with Crippen molar-refractivity contribution in [3.8, 4) is 0 Å². The molecule has 1 aliphatic rings. The predicted molar refractivity (Wildman–Crippen MR) is 85.5 cm³/mol. The molecule has 2 N–H and O–H groups in total. The van der Waals surface area contributed by atoms with E-state index < -0.39 is 6.10 Å². The molecule has 2 atom stereocenters. The van der Waals surface area contributed by atoms with E-state index in [-0.39, 0.29) is 11.9 Å². The summed E-state index contributed by atoms with van der Waals surface area (Å²) < 4.78 is 4.95. The van der Waals surface area contributed by atoms with Crippen LogP contribution in [0.1, 0.15) is 30.9 Å². The van der Waals surface area contributed by atoms with Gasteiger partial charge in [-0.15, -0.1) is 0 Å². The summed E-state index contributed by atoms with van der Waals surface area (Å²) in [6.45, 7) is 2.40. The summed E-state index contributed by atoms with van der Waals surface area (Å²) in [6.07, 6.45) is 2.07. The van der Waals surface area contributed by atoms with E-state index in [1.54, 1.807) is 7.11 Å². The number of rotatable bonds is 8. The van der Waals surface area contributed by atoms with Gasteiger partial charge in [0, 0.05) is 26.2 Å². The molecule has 0 radical (unpaired) electrons. The first-order valence-corrected chi connectivity index (χ1v) is 7.94. The van der Waals surface area contributed by atoms with Gasteiger partial charge >= 0.3 is 0 Å². The largest absolute Gasteiger partial charge is 0.388 e. The summed E-state index contributed by atoms with van der Waals surface area (Å²) in [4.78, 5) is 14.2. The van der Waals surface area contributed by atoms with Crippen molar-refractivity contribution < 1.29 is 14.6 Å². The van der Waals surface area contributed by atoms with Crippen LogP contribution in [-0.2, 0) is 9.53 Å². The fourth-order valence-electron chi connectivity index (χ4n) is 2.95. The molecule has 1 aromatic rings. The van der Waals surface area contributed by atoms with Crippen LogP contribution in [0.5, 0.6) is 0 Å². The average molecular weight is 306 g/mol. The Morgan fingerprint density at radius 2 is 2.23 bits per heavy atom. The van der Waals surface area contributed by atoms with Crippen molar-refractivity contribution in [2.45, 2.75) is 31.4 Å². The number of ether oxygens (including phenoxy) is 1. The highest BCUT2D eigenvalue weighted by molar-refractivity contribution is 5.78. The molecule has 2 unspecified atom stereocenters. The zero-order valence-corrected chi connectivity index (χ0v) is 13.2. The maximum atomic E-state index is 12.3. The number of carbonyl (C=O) groups excluding carboxylic acids is 1. The zero-order chi connectivity index (χ0) is 15.8. The summed E-state index contributed by atoms with van der Waals surface area (Å²) in [5, 5.41) is 13.4. The number of likely N-dealkylation sites (tertiary alicyclic amines) is 1. The summed E-state index contributed by atoms with van der Waals surface area (Å²) in [6, 6.07) is 9.78. The standard InChI is InChI=1S/C17H26N2O3/c1-22-11-9-18-13-17(21)19-10-5-8-15(19)12-16(20)14-6-3-2-4-7-14/h2-4,6-7,15-16,18,20H,5,8-13H2,1H3. The minimum absolute atomic E-state index is 0.110. The monoisotopic (exact) mass is 306 g/mol. The number of nitrogens with one attached hydrogen (secondary N) is 1. The summed E-state index contributed by atoms with van der Waals surface area (Å²) in [5.41, 5.74) is 0.917. The van der Waals surface area contributed by atoms with E-state index >= 15 is 0 Å². The van der Waals surface area contributed by atoms with Gasteiger partial charge in [-0.1, -0.05) is 30.3 Å². The quantitative estimate of drug-likeness (QED) is 0.712. The third kappa shape index (κ3) is 4.80. The van der Waals surface area contributed by atoms with Gasteiger partial charge in [0.15, 0.2) is 0 Å². The van der Waals surface area contributed by atoms with Gasteiger partial charge < -0.3 is 20.1 Å². The molecule has 122 valence electrons. The highest BCUT2D eigenvalue weighted by atomic mass is 16.5. The smallest absolute Gasteiger partial charge is 0.236 e. The fraction of sp³-hybridized carbons (Fsp3) is 0.588. The highest BCUT2D eigenvalue weighted by Gasteiger charge is 2.30. The lowest BCUT2D eigenvalue weighted by atomic mass is 10.0. The number of hydrogen-bond donors (Lipinski definition) is 2. The summed E-state index contributed by atoms with van der Waals surface area (Å²) in [7, 11) is 1.64. The van der Waals surface area contributed by atoms with Gasteiger partial charge in [-0.25, -0.2) is 0 Å². The molecular formula is C17H26N2O3. The molecule has 1 aliphatic heterocycles. The minimum atomic E-state index is -0.513. The van der Waals surface area contributed by atoms with Crippen molar-refractivity contribution in [2.24, 2.45) is 0 Å². The molecule has 1 saturated heterocycles. The molecule has 0 bridgehead atoms. The average Bonchev–Trinajstić information content (AvgIpc) is 3.00.